The molecule has 0 aromatic rings. The van der Waals surface area contributed by atoms with E-state index < -0.39 is 74.2 Å². The first-order chi connectivity index (χ1) is 42.2. The lowest BCUT2D eigenvalue weighted by Gasteiger charge is -2.40. The van der Waals surface area contributed by atoms with Crippen LogP contribution in [0.5, 0.6) is 0 Å². The molecule has 0 aromatic heterocycles. The number of allylic oxidation sites excluding steroid dienone is 6. The van der Waals surface area contributed by atoms with Gasteiger partial charge >= 0.3 is 0 Å². The number of carbonyl (C=O) groups excluding carboxylic acids is 1. The summed E-state index contributed by atoms with van der Waals surface area (Å²) in [5.74, 6) is -0.706. The number of unbranched alkanes of at least 4 members (excludes halogenated alkanes) is 48. The number of hydrogen-bond acceptors (Lipinski definition) is 10. The van der Waals surface area contributed by atoms with Crippen molar-refractivity contribution in [2.24, 2.45) is 0 Å². The molecule has 11 nitrogen and oxygen atoms in total. The van der Waals surface area contributed by atoms with E-state index in [1.807, 2.05) is 0 Å². The maximum atomic E-state index is 13.3. The molecule has 0 aromatic carbocycles. The van der Waals surface area contributed by atoms with E-state index in [0.717, 1.165) is 44.9 Å². The van der Waals surface area contributed by atoms with Crippen LogP contribution in [0.15, 0.2) is 36.5 Å². The van der Waals surface area contributed by atoms with E-state index in [1.165, 1.54) is 276 Å². The van der Waals surface area contributed by atoms with Crippen LogP contribution in [-0.2, 0) is 14.3 Å². The van der Waals surface area contributed by atoms with Gasteiger partial charge in [-0.05, 0) is 64.2 Å². The molecule has 1 aliphatic heterocycles. The smallest absolute Gasteiger partial charge is 0.249 e. The molecular weight excluding hydrogens is 1070 g/mol. The van der Waals surface area contributed by atoms with E-state index in [4.69, 9.17) is 9.47 Å². The molecule has 0 saturated carbocycles. The summed E-state index contributed by atoms with van der Waals surface area (Å²) < 4.78 is 11.2. The minimum absolute atomic E-state index is 0.243. The highest BCUT2D eigenvalue weighted by molar-refractivity contribution is 5.80. The van der Waals surface area contributed by atoms with Gasteiger partial charge in [0.2, 0.25) is 5.91 Å². The highest BCUT2D eigenvalue weighted by Gasteiger charge is 2.44. The molecule has 9 atom stereocenters. The van der Waals surface area contributed by atoms with Crippen LogP contribution < -0.4 is 5.32 Å². The van der Waals surface area contributed by atoms with E-state index >= 15 is 0 Å². The largest absolute Gasteiger partial charge is 0.394 e. The van der Waals surface area contributed by atoms with Crippen molar-refractivity contribution in [3.63, 3.8) is 0 Å². The minimum atomic E-state index is -1.67. The fourth-order valence-electron chi connectivity index (χ4n) is 12.2. The van der Waals surface area contributed by atoms with Crippen molar-refractivity contribution < 1.29 is 50.0 Å². The Balaban J connectivity index is 2.13. The van der Waals surface area contributed by atoms with Crippen LogP contribution in [0.25, 0.3) is 0 Å². The van der Waals surface area contributed by atoms with Gasteiger partial charge in [0.1, 0.15) is 36.6 Å². The van der Waals surface area contributed by atoms with E-state index in [0.29, 0.717) is 19.3 Å². The molecule has 86 heavy (non-hydrogen) atoms. The van der Waals surface area contributed by atoms with E-state index in [-0.39, 0.29) is 12.8 Å². The lowest BCUT2D eigenvalue weighted by atomic mass is 9.98. The summed E-state index contributed by atoms with van der Waals surface area (Å²) in [6.45, 7) is 3.48. The Morgan fingerprint density at radius 3 is 1.03 bits per heavy atom. The lowest BCUT2D eigenvalue weighted by molar-refractivity contribution is -0.303. The summed E-state index contributed by atoms with van der Waals surface area (Å²) in [4.78, 5) is 13.3. The predicted molar refractivity (Wildman–Crippen MR) is 362 cm³/mol. The molecule has 0 radical (unpaired) electrons. The second-order valence-corrected chi connectivity index (χ2v) is 26.4. The molecule has 8 N–H and O–H groups in total. The van der Waals surface area contributed by atoms with Crippen molar-refractivity contribution in [2.75, 3.05) is 13.2 Å². The van der Waals surface area contributed by atoms with Crippen LogP contribution in [0, 0.1) is 0 Å². The molecule has 11 heteroatoms. The normalized spacial score (nSPS) is 18.9. The Bertz CT molecular complexity index is 1490. The quantitative estimate of drug-likeness (QED) is 0.0215. The van der Waals surface area contributed by atoms with Crippen LogP contribution in [0.3, 0.4) is 0 Å². The van der Waals surface area contributed by atoms with Crippen molar-refractivity contribution in [3.8, 4) is 0 Å². The molecule has 1 saturated heterocycles. The third-order valence-corrected chi connectivity index (χ3v) is 18.2. The number of nitrogens with one attached hydrogen (secondary N) is 1. The lowest BCUT2D eigenvalue weighted by Crippen LogP contribution is -2.60. The molecule has 0 aliphatic carbocycles. The van der Waals surface area contributed by atoms with Gasteiger partial charge in [0.15, 0.2) is 6.29 Å². The Hall–Kier alpha value is -1.67. The second kappa shape index (κ2) is 63.5. The van der Waals surface area contributed by atoms with Crippen LogP contribution in [0.4, 0.5) is 0 Å². The van der Waals surface area contributed by atoms with Crippen molar-refractivity contribution in [3.05, 3.63) is 36.5 Å². The molecule has 1 amide bonds. The van der Waals surface area contributed by atoms with Gasteiger partial charge in [-0.2, -0.15) is 0 Å². The van der Waals surface area contributed by atoms with Gasteiger partial charge < -0.3 is 50.5 Å². The van der Waals surface area contributed by atoms with Crippen LogP contribution in [0.1, 0.15) is 367 Å². The standard InChI is InChI=1S/C75H143NO10/c1-3-5-7-9-11-13-15-17-19-21-23-25-26-27-28-29-30-31-32-33-34-35-36-37-38-39-40-41-43-45-47-49-51-53-55-57-59-61-63-68(79)74(84)76-66(65-85-75-73(83)72(82)71(81)69(64-77)86-75)70(80)67(78)62-60-58-56-54-52-50-48-46-44-42-24-22-20-18-16-14-12-10-8-6-4-2/h22,24,46,48,54,56,66-73,75,77-83H,3-21,23,25-45,47,49-53,55,57-65H2,1-2H3,(H,76,84)/b24-22+,48-46+,56-54+. The van der Waals surface area contributed by atoms with Gasteiger partial charge in [-0.3, -0.25) is 4.79 Å². The first-order valence-corrected chi connectivity index (χ1v) is 37.4. The van der Waals surface area contributed by atoms with Crippen LogP contribution in [-0.4, -0.2) is 110 Å². The molecular formula is C75H143NO10. The van der Waals surface area contributed by atoms with Crippen LogP contribution >= 0.6 is 0 Å². The van der Waals surface area contributed by atoms with Gasteiger partial charge in [-0.1, -0.05) is 339 Å². The number of aliphatic hydroxyl groups is 7. The Kier molecular flexibility index (Phi) is 60.8. The zero-order valence-corrected chi connectivity index (χ0v) is 56.3. The van der Waals surface area contributed by atoms with Crippen molar-refractivity contribution in [2.45, 2.75) is 422 Å². The SMILES string of the molecule is CCCCCCCCCC/C=C/CC/C=C/CC/C=C/CCCC(O)C(O)C(COC1OC(CO)C(O)C(O)C1O)NC(=O)C(O)CCCCCCCCCCCCCCCCCCCCCCCCCCCCCCCCCCCCCCCC. The highest BCUT2D eigenvalue weighted by Crippen LogP contribution is 2.24. The minimum Gasteiger partial charge on any atom is -0.394 e. The summed E-state index contributed by atoms with van der Waals surface area (Å²) in [6, 6.07) is -1.19. The first-order valence-electron chi connectivity index (χ1n) is 37.4. The van der Waals surface area contributed by atoms with Gasteiger partial charge in [0, 0.05) is 0 Å². The highest BCUT2D eigenvalue weighted by atomic mass is 16.7. The summed E-state index contributed by atoms with van der Waals surface area (Å²) in [6.07, 6.45) is 71.2. The Labute approximate surface area is 530 Å². The average molecular weight is 1220 g/mol. The molecule has 0 bridgehead atoms. The molecule has 508 valence electrons. The zero-order valence-electron chi connectivity index (χ0n) is 56.3. The maximum absolute atomic E-state index is 13.3. The number of ether oxygens (including phenoxy) is 2. The van der Waals surface area contributed by atoms with Gasteiger partial charge in [-0.25, -0.2) is 0 Å². The van der Waals surface area contributed by atoms with Gasteiger partial charge in [0.05, 0.1) is 25.4 Å². The van der Waals surface area contributed by atoms with Crippen molar-refractivity contribution in [1.29, 1.82) is 0 Å². The number of hydrogen-bond donors (Lipinski definition) is 8. The van der Waals surface area contributed by atoms with Gasteiger partial charge in [0.25, 0.3) is 0 Å². The number of amides is 1. The molecule has 1 heterocycles. The van der Waals surface area contributed by atoms with E-state index in [1.54, 1.807) is 0 Å². The second-order valence-electron chi connectivity index (χ2n) is 26.4. The van der Waals surface area contributed by atoms with E-state index in [9.17, 15) is 40.5 Å². The fraction of sp³-hybridized carbons (Fsp3) is 0.907. The molecule has 1 fully saturated rings. The topological polar surface area (TPSA) is 189 Å². The predicted octanol–water partition coefficient (Wildman–Crippen LogP) is 18.5. The third kappa shape index (κ3) is 50.0. The molecule has 9 unspecified atom stereocenters. The van der Waals surface area contributed by atoms with Gasteiger partial charge in [-0.15, -0.1) is 0 Å². The Morgan fingerprint density at radius 1 is 0.395 bits per heavy atom. The maximum Gasteiger partial charge on any atom is 0.249 e. The van der Waals surface area contributed by atoms with Crippen molar-refractivity contribution >= 4 is 5.91 Å². The summed E-state index contributed by atoms with van der Waals surface area (Å²) in [5, 5.41) is 76.5. The van der Waals surface area contributed by atoms with Crippen molar-refractivity contribution in [1.82, 2.24) is 5.32 Å². The summed E-state index contributed by atoms with van der Waals surface area (Å²) in [5.41, 5.74) is 0. The Morgan fingerprint density at radius 2 is 0.698 bits per heavy atom. The van der Waals surface area contributed by atoms with E-state index in [2.05, 4.69) is 55.6 Å². The zero-order chi connectivity index (χ0) is 62.4. The molecule has 1 rings (SSSR count). The number of carbonyl (C=O) groups is 1. The summed E-state index contributed by atoms with van der Waals surface area (Å²) >= 11 is 0. The monoisotopic (exact) mass is 1220 g/mol. The average Bonchev–Trinajstić information content (AvgIpc) is 2.94. The summed E-state index contributed by atoms with van der Waals surface area (Å²) in [7, 11) is 0. The third-order valence-electron chi connectivity index (χ3n) is 18.2. The number of aliphatic hydroxyl groups excluding tert-OH is 7. The first kappa shape index (κ1) is 82.3. The fourth-order valence-corrected chi connectivity index (χ4v) is 12.2. The molecule has 1 aliphatic rings. The van der Waals surface area contributed by atoms with Crippen LogP contribution in [0.2, 0.25) is 0 Å². The molecule has 0 spiro atoms. The number of rotatable bonds is 66.